The van der Waals surface area contributed by atoms with E-state index in [4.69, 9.17) is 9.16 Å². The predicted octanol–water partition coefficient (Wildman–Crippen LogP) is 4.30. The molecule has 1 aliphatic rings. The van der Waals surface area contributed by atoms with E-state index in [9.17, 15) is 4.79 Å². The first-order valence-corrected chi connectivity index (χ1v) is 13.1. The fourth-order valence-corrected chi connectivity index (χ4v) is 4.89. The number of thioether (sulfide) groups is 1. The second-order valence-corrected chi connectivity index (χ2v) is 13.9. The SMILES string of the molecule is CC[C@H]1O[C@@H](n2ccc(=O)nc2SC)[C@@H](O[Si](C)(C)C(C)(C)C)C1C. The van der Waals surface area contributed by atoms with Gasteiger partial charge in [-0.1, -0.05) is 46.4 Å². The Kier molecular flexibility index (Phi) is 6.24. The summed E-state index contributed by atoms with van der Waals surface area (Å²) in [6.45, 7) is 15.7. The van der Waals surface area contributed by atoms with Crippen molar-refractivity contribution in [2.75, 3.05) is 6.26 Å². The van der Waals surface area contributed by atoms with Crippen LogP contribution in [-0.2, 0) is 9.16 Å². The largest absolute Gasteiger partial charge is 0.409 e. The molecule has 1 aromatic heterocycles. The molecule has 7 heteroatoms. The van der Waals surface area contributed by atoms with Gasteiger partial charge in [0.1, 0.15) is 0 Å². The highest BCUT2D eigenvalue weighted by atomic mass is 32.2. The molecule has 0 bridgehead atoms. The van der Waals surface area contributed by atoms with Gasteiger partial charge in [-0.25, -0.2) is 0 Å². The van der Waals surface area contributed by atoms with Crippen LogP contribution in [0.5, 0.6) is 0 Å². The second-order valence-electron chi connectivity index (χ2n) is 8.33. The van der Waals surface area contributed by atoms with E-state index in [1.807, 2.05) is 10.8 Å². The van der Waals surface area contributed by atoms with E-state index in [2.05, 4.69) is 52.7 Å². The van der Waals surface area contributed by atoms with Gasteiger partial charge in [-0.15, -0.1) is 0 Å². The number of ether oxygens (including phenoxy) is 1. The molecule has 1 unspecified atom stereocenters. The van der Waals surface area contributed by atoms with Gasteiger partial charge < -0.3 is 9.16 Å². The maximum Gasteiger partial charge on any atom is 0.273 e. The van der Waals surface area contributed by atoms with Crippen molar-refractivity contribution in [3.8, 4) is 0 Å². The lowest BCUT2D eigenvalue weighted by molar-refractivity contribution is -0.0404. The summed E-state index contributed by atoms with van der Waals surface area (Å²) in [6.07, 6.45) is 4.52. The maximum absolute atomic E-state index is 11.6. The van der Waals surface area contributed by atoms with Crippen molar-refractivity contribution in [3.05, 3.63) is 22.6 Å². The number of rotatable bonds is 5. The zero-order valence-corrected chi connectivity index (χ0v) is 18.5. The van der Waals surface area contributed by atoms with E-state index in [1.54, 1.807) is 6.20 Å². The third kappa shape index (κ3) is 4.21. The zero-order valence-electron chi connectivity index (χ0n) is 16.7. The van der Waals surface area contributed by atoms with Crippen LogP contribution in [-0.4, -0.2) is 36.3 Å². The molecule has 0 N–H and O–H groups in total. The lowest BCUT2D eigenvalue weighted by Gasteiger charge is -2.40. The Hall–Kier alpha value is -0.633. The molecular weight excluding hydrogens is 352 g/mol. The van der Waals surface area contributed by atoms with E-state index in [0.29, 0.717) is 11.1 Å². The average molecular weight is 385 g/mol. The molecule has 0 saturated carbocycles. The van der Waals surface area contributed by atoms with Gasteiger partial charge in [0.2, 0.25) is 0 Å². The average Bonchev–Trinajstić information content (AvgIpc) is 2.82. The van der Waals surface area contributed by atoms with Crippen LogP contribution in [0.3, 0.4) is 0 Å². The molecule has 0 amide bonds. The summed E-state index contributed by atoms with van der Waals surface area (Å²) in [4.78, 5) is 15.8. The van der Waals surface area contributed by atoms with Crippen LogP contribution in [0, 0.1) is 5.92 Å². The first-order valence-electron chi connectivity index (χ1n) is 8.98. The lowest BCUT2D eigenvalue weighted by Crippen LogP contribution is -2.47. The Morgan fingerprint density at radius 2 is 2.04 bits per heavy atom. The van der Waals surface area contributed by atoms with E-state index in [-0.39, 0.29) is 29.0 Å². The normalized spacial score (nSPS) is 27.7. The molecule has 0 aromatic carbocycles. The van der Waals surface area contributed by atoms with E-state index in [0.717, 1.165) is 6.42 Å². The van der Waals surface area contributed by atoms with Crippen LogP contribution < -0.4 is 5.56 Å². The van der Waals surface area contributed by atoms with Gasteiger partial charge in [-0.3, -0.25) is 9.36 Å². The highest BCUT2D eigenvalue weighted by Gasteiger charge is 2.48. The molecule has 0 radical (unpaired) electrons. The molecule has 4 atom stereocenters. The molecule has 1 aliphatic heterocycles. The Bertz CT molecular complexity index is 656. The van der Waals surface area contributed by atoms with Gasteiger partial charge >= 0.3 is 0 Å². The molecule has 1 saturated heterocycles. The van der Waals surface area contributed by atoms with Gasteiger partial charge in [0, 0.05) is 18.2 Å². The molecular formula is C18H32N2O3SSi. The number of aromatic nitrogens is 2. The molecule has 142 valence electrons. The first kappa shape index (κ1) is 20.7. The van der Waals surface area contributed by atoms with Gasteiger partial charge in [0.15, 0.2) is 19.7 Å². The van der Waals surface area contributed by atoms with Gasteiger partial charge in [-0.2, -0.15) is 4.98 Å². The van der Waals surface area contributed by atoms with Gasteiger partial charge in [-0.05, 0) is 30.8 Å². The molecule has 5 nitrogen and oxygen atoms in total. The minimum absolute atomic E-state index is 0.0407. The van der Waals surface area contributed by atoms with E-state index in [1.165, 1.54) is 17.8 Å². The van der Waals surface area contributed by atoms with Crippen molar-refractivity contribution < 1.29 is 9.16 Å². The number of nitrogens with zero attached hydrogens (tertiary/aromatic N) is 2. The summed E-state index contributed by atoms with van der Waals surface area (Å²) in [5.74, 6) is 0.290. The molecule has 2 heterocycles. The van der Waals surface area contributed by atoms with Crippen molar-refractivity contribution in [1.29, 1.82) is 0 Å². The van der Waals surface area contributed by atoms with Crippen LogP contribution in [0.2, 0.25) is 18.1 Å². The highest BCUT2D eigenvalue weighted by molar-refractivity contribution is 7.98. The van der Waals surface area contributed by atoms with E-state index >= 15 is 0 Å². The summed E-state index contributed by atoms with van der Waals surface area (Å²) < 4.78 is 15.1. The standard InChI is InChI=1S/C18H32N2O3SSi/c1-9-13-12(2)15(23-25(7,8)18(3,4)5)16(22-13)20-11-10-14(21)19-17(20)24-6/h10-13,15-16H,9H2,1-8H3/t12?,13-,15+,16-/m1/s1. The molecule has 0 spiro atoms. The number of hydrogen-bond donors (Lipinski definition) is 0. The Balaban J connectivity index is 2.42. The predicted molar refractivity (Wildman–Crippen MR) is 106 cm³/mol. The monoisotopic (exact) mass is 384 g/mol. The van der Waals surface area contributed by atoms with Crippen LogP contribution in [0.25, 0.3) is 0 Å². The summed E-state index contributed by atoms with van der Waals surface area (Å²) in [5, 5.41) is 0.802. The second kappa shape index (κ2) is 7.54. The third-order valence-electron chi connectivity index (χ3n) is 5.60. The fraction of sp³-hybridized carbons (Fsp3) is 0.778. The first-order chi connectivity index (χ1) is 11.5. The minimum atomic E-state index is -1.95. The van der Waals surface area contributed by atoms with E-state index < -0.39 is 8.32 Å². The third-order valence-corrected chi connectivity index (χ3v) is 10.7. The molecule has 1 aromatic rings. The molecule has 0 aliphatic carbocycles. The van der Waals surface area contributed by atoms with Crippen molar-refractivity contribution >= 4 is 20.1 Å². The van der Waals surface area contributed by atoms with Crippen molar-refractivity contribution in [2.24, 2.45) is 5.92 Å². The topological polar surface area (TPSA) is 53.4 Å². The Labute approximate surface area is 156 Å². The molecule has 2 rings (SSSR count). The molecule has 25 heavy (non-hydrogen) atoms. The van der Waals surface area contributed by atoms with Crippen molar-refractivity contribution in [3.63, 3.8) is 0 Å². The van der Waals surface area contributed by atoms with Gasteiger partial charge in [0.25, 0.3) is 5.56 Å². The molecule has 1 fully saturated rings. The Morgan fingerprint density at radius 3 is 2.56 bits per heavy atom. The van der Waals surface area contributed by atoms with Crippen LogP contribution in [0.15, 0.2) is 22.2 Å². The van der Waals surface area contributed by atoms with Crippen LogP contribution in [0.1, 0.15) is 47.3 Å². The van der Waals surface area contributed by atoms with Gasteiger partial charge in [0.05, 0.1) is 12.2 Å². The maximum atomic E-state index is 11.6. The smallest absolute Gasteiger partial charge is 0.273 e. The summed E-state index contributed by atoms with van der Waals surface area (Å²) in [5.41, 5.74) is -0.222. The minimum Gasteiger partial charge on any atom is -0.409 e. The zero-order chi connectivity index (χ0) is 19.0. The quantitative estimate of drug-likeness (QED) is 0.430. The summed E-state index contributed by atoms with van der Waals surface area (Å²) >= 11 is 1.46. The van der Waals surface area contributed by atoms with Crippen LogP contribution >= 0.6 is 11.8 Å². The Morgan fingerprint density at radius 1 is 1.40 bits per heavy atom. The summed E-state index contributed by atoms with van der Waals surface area (Å²) in [7, 11) is -1.95. The van der Waals surface area contributed by atoms with Crippen molar-refractivity contribution in [2.45, 2.75) is 82.8 Å². The highest BCUT2D eigenvalue weighted by Crippen LogP contribution is 2.44. The van der Waals surface area contributed by atoms with Crippen LogP contribution in [0.4, 0.5) is 0 Å². The van der Waals surface area contributed by atoms with Crippen molar-refractivity contribution in [1.82, 2.24) is 9.55 Å². The lowest BCUT2D eigenvalue weighted by atomic mass is 9.99. The number of hydrogen-bond acceptors (Lipinski definition) is 5. The summed E-state index contributed by atoms with van der Waals surface area (Å²) in [6, 6.07) is 1.50. The fourth-order valence-electron chi connectivity index (χ4n) is 2.97.